The molecule has 0 spiro atoms. The van der Waals surface area contributed by atoms with Crippen molar-refractivity contribution in [1.82, 2.24) is 0 Å². The van der Waals surface area contributed by atoms with Crippen molar-refractivity contribution in [3.63, 3.8) is 0 Å². The SMILES string of the molecule is CC(=O)C(C)(C)CC(C)(CCc1ccc(-c2ccc(C(=O)c3ccccc3)cc2)cc1)C(C)=O. The van der Waals surface area contributed by atoms with E-state index in [2.05, 4.69) is 24.3 Å². The third-order valence-electron chi connectivity index (χ3n) is 7.07. The standard InChI is InChI=1S/C31H34O3/c1-22(32)30(3,4)21-31(5,23(2)33)20-19-24-11-13-25(14-12-24)26-15-17-28(18-16-26)29(34)27-9-7-6-8-10-27/h6-18H,19-21H2,1-5H3. The van der Waals surface area contributed by atoms with Gasteiger partial charge in [0.25, 0.3) is 0 Å². The molecule has 3 aromatic carbocycles. The molecule has 0 radical (unpaired) electrons. The van der Waals surface area contributed by atoms with Crippen molar-refractivity contribution in [2.75, 3.05) is 0 Å². The van der Waals surface area contributed by atoms with E-state index in [1.165, 1.54) is 0 Å². The minimum atomic E-state index is -0.533. The summed E-state index contributed by atoms with van der Waals surface area (Å²) >= 11 is 0. The van der Waals surface area contributed by atoms with Gasteiger partial charge >= 0.3 is 0 Å². The predicted octanol–water partition coefficient (Wildman–Crippen LogP) is 7.12. The first-order valence-corrected chi connectivity index (χ1v) is 11.8. The minimum absolute atomic E-state index is 0.0176. The van der Waals surface area contributed by atoms with E-state index in [0.29, 0.717) is 24.0 Å². The summed E-state index contributed by atoms with van der Waals surface area (Å²) in [5.41, 5.74) is 3.59. The minimum Gasteiger partial charge on any atom is -0.299 e. The third-order valence-corrected chi connectivity index (χ3v) is 7.07. The number of rotatable bonds is 10. The lowest BCUT2D eigenvalue weighted by atomic mass is 9.68. The molecule has 0 aliphatic rings. The van der Waals surface area contributed by atoms with E-state index in [0.717, 1.165) is 23.1 Å². The van der Waals surface area contributed by atoms with Crippen molar-refractivity contribution in [2.24, 2.45) is 10.8 Å². The Morgan fingerprint density at radius 1 is 0.647 bits per heavy atom. The van der Waals surface area contributed by atoms with Gasteiger partial charge in [0, 0.05) is 22.0 Å². The molecule has 0 amide bonds. The molecule has 0 N–H and O–H groups in total. The summed E-state index contributed by atoms with van der Waals surface area (Å²) in [6.07, 6.45) is 2.03. The highest BCUT2D eigenvalue weighted by molar-refractivity contribution is 6.09. The number of benzene rings is 3. The van der Waals surface area contributed by atoms with Crippen LogP contribution in [0.1, 0.15) is 68.9 Å². The van der Waals surface area contributed by atoms with Gasteiger partial charge in [0.2, 0.25) is 0 Å². The first-order chi connectivity index (χ1) is 16.0. The van der Waals surface area contributed by atoms with E-state index in [1.807, 2.05) is 75.4 Å². The van der Waals surface area contributed by atoms with E-state index in [4.69, 9.17) is 0 Å². The van der Waals surface area contributed by atoms with Crippen LogP contribution in [0.15, 0.2) is 78.9 Å². The van der Waals surface area contributed by atoms with Crippen LogP contribution in [0.5, 0.6) is 0 Å². The fraction of sp³-hybridized carbons (Fsp3) is 0.323. The Morgan fingerprint density at radius 3 is 1.65 bits per heavy atom. The molecule has 0 saturated heterocycles. The van der Waals surface area contributed by atoms with Gasteiger partial charge in [-0.05, 0) is 49.8 Å². The topological polar surface area (TPSA) is 51.2 Å². The van der Waals surface area contributed by atoms with Gasteiger partial charge in [0.05, 0.1) is 0 Å². The average molecular weight is 455 g/mol. The molecule has 3 aromatic rings. The molecule has 3 rings (SSSR count). The molecule has 0 heterocycles. The average Bonchev–Trinajstić information content (AvgIpc) is 2.83. The molecule has 0 aromatic heterocycles. The summed E-state index contributed by atoms with van der Waals surface area (Å²) in [5, 5.41) is 0. The van der Waals surface area contributed by atoms with Crippen molar-refractivity contribution in [1.29, 1.82) is 0 Å². The number of ketones is 3. The molecular formula is C31H34O3. The molecule has 176 valence electrons. The Bertz CT molecular complexity index is 1160. The second kappa shape index (κ2) is 10.3. The number of hydrogen-bond acceptors (Lipinski definition) is 3. The maximum atomic E-state index is 12.6. The molecule has 0 aliphatic carbocycles. The van der Waals surface area contributed by atoms with Crippen LogP contribution in [0.3, 0.4) is 0 Å². The van der Waals surface area contributed by atoms with E-state index in [1.54, 1.807) is 13.8 Å². The van der Waals surface area contributed by atoms with Crippen molar-refractivity contribution >= 4 is 17.3 Å². The molecule has 3 heteroatoms. The van der Waals surface area contributed by atoms with E-state index in [9.17, 15) is 14.4 Å². The van der Waals surface area contributed by atoms with Crippen molar-refractivity contribution < 1.29 is 14.4 Å². The van der Waals surface area contributed by atoms with Crippen LogP contribution in [0, 0.1) is 10.8 Å². The zero-order valence-corrected chi connectivity index (χ0v) is 20.9. The number of Topliss-reactive ketones (excluding diaryl/α,β-unsaturated/α-hetero) is 2. The van der Waals surface area contributed by atoms with Crippen LogP contribution in [-0.4, -0.2) is 17.3 Å². The highest BCUT2D eigenvalue weighted by Gasteiger charge is 2.38. The Balaban J connectivity index is 1.68. The summed E-state index contributed by atoms with van der Waals surface area (Å²) < 4.78 is 0. The first kappa shape index (κ1) is 25.3. The number of hydrogen-bond donors (Lipinski definition) is 0. The summed E-state index contributed by atoms with van der Waals surface area (Å²) in [6.45, 7) is 9.05. The fourth-order valence-electron chi connectivity index (χ4n) is 4.34. The highest BCUT2D eigenvalue weighted by atomic mass is 16.1. The summed E-state index contributed by atoms with van der Waals surface area (Å²) in [5.74, 6) is 0.258. The summed E-state index contributed by atoms with van der Waals surface area (Å²) in [6, 6.07) is 25.3. The zero-order chi connectivity index (χ0) is 24.9. The van der Waals surface area contributed by atoms with Gasteiger partial charge in [-0.25, -0.2) is 0 Å². The van der Waals surface area contributed by atoms with Gasteiger partial charge in [-0.15, -0.1) is 0 Å². The molecule has 0 fully saturated rings. The van der Waals surface area contributed by atoms with E-state index < -0.39 is 10.8 Å². The van der Waals surface area contributed by atoms with Gasteiger partial charge in [-0.2, -0.15) is 0 Å². The maximum absolute atomic E-state index is 12.6. The molecule has 3 nitrogen and oxygen atoms in total. The van der Waals surface area contributed by atoms with E-state index >= 15 is 0 Å². The van der Waals surface area contributed by atoms with Crippen molar-refractivity contribution in [2.45, 2.75) is 53.9 Å². The van der Waals surface area contributed by atoms with Crippen LogP contribution >= 0.6 is 0 Å². The van der Waals surface area contributed by atoms with Crippen molar-refractivity contribution in [3.8, 4) is 11.1 Å². The van der Waals surface area contributed by atoms with Crippen LogP contribution in [-0.2, 0) is 16.0 Å². The quantitative estimate of drug-likeness (QED) is 0.307. The number of aryl methyl sites for hydroxylation is 1. The van der Waals surface area contributed by atoms with Crippen molar-refractivity contribution in [3.05, 3.63) is 95.6 Å². The Morgan fingerprint density at radius 2 is 1.15 bits per heavy atom. The Labute approximate surface area is 203 Å². The van der Waals surface area contributed by atoms with Gasteiger partial charge in [0.15, 0.2) is 5.78 Å². The second-order valence-corrected chi connectivity index (χ2v) is 10.2. The van der Waals surface area contributed by atoms with Crippen LogP contribution in [0.2, 0.25) is 0 Å². The Hall–Kier alpha value is -3.33. The highest BCUT2D eigenvalue weighted by Crippen LogP contribution is 2.39. The third kappa shape index (κ3) is 5.96. The number of carbonyl (C=O) groups excluding carboxylic acids is 3. The smallest absolute Gasteiger partial charge is 0.193 e. The van der Waals surface area contributed by atoms with Gasteiger partial charge in [-0.3, -0.25) is 14.4 Å². The van der Waals surface area contributed by atoms with Crippen LogP contribution in [0.25, 0.3) is 11.1 Å². The lowest BCUT2D eigenvalue weighted by Gasteiger charge is -2.34. The molecule has 34 heavy (non-hydrogen) atoms. The molecule has 0 bridgehead atoms. The van der Waals surface area contributed by atoms with Gasteiger partial charge in [-0.1, -0.05) is 99.6 Å². The van der Waals surface area contributed by atoms with Gasteiger partial charge < -0.3 is 0 Å². The van der Waals surface area contributed by atoms with Gasteiger partial charge in [0.1, 0.15) is 11.6 Å². The largest absolute Gasteiger partial charge is 0.299 e. The predicted molar refractivity (Wildman–Crippen MR) is 138 cm³/mol. The molecular weight excluding hydrogens is 420 g/mol. The summed E-state index contributed by atoms with van der Waals surface area (Å²) in [4.78, 5) is 37.1. The zero-order valence-electron chi connectivity index (χ0n) is 20.9. The van der Waals surface area contributed by atoms with Crippen LogP contribution < -0.4 is 0 Å². The monoisotopic (exact) mass is 454 g/mol. The second-order valence-electron chi connectivity index (χ2n) is 10.2. The number of carbonyl (C=O) groups is 3. The fourth-order valence-corrected chi connectivity index (χ4v) is 4.34. The molecule has 0 aliphatic heterocycles. The lowest BCUT2D eigenvalue weighted by molar-refractivity contribution is -0.132. The summed E-state index contributed by atoms with van der Waals surface area (Å²) in [7, 11) is 0. The van der Waals surface area contributed by atoms with Crippen LogP contribution in [0.4, 0.5) is 0 Å². The van der Waals surface area contributed by atoms with E-state index in [-0.39, 0.29) is 17.3 Å². The first-order valence-electron chi connectivity index (χ1n) is 11.8. The molecule has 1 unspecified atom stereocenters. The lowest BCUT2D eigenvalue weighted by Crippen LogP contribution is -2.35. The molecule has 0 saturated carbocycles. The Kier molecular flexibility index (Phi) is 7.66. The molecule has 1 atom stereocenters. The maximum Gasteiger partial charge on any atom is 0.193 e. The normalized spacial score (nSPS) is 13.2.